The monoisotopic (exact) mass is 458 g/mol. The molecule has 0 unspecified atom stereocenters. The fraction of sp³-hybridized carbons (Fsp3) is 0.273. The molecule has 162 valence electrons. The summed E-state index contributed by atoms with van der Waals surface area (Å²) in [6.07, 6.45) is 1.41. The molecule has 0 fully saturated rings. The number of aryl methyl sites for hydroxylation is 3. The number of amides is 1. The number of anilines is 1. The Morgan fingerprint density at radius 3 is 2.48 bits per heavy atom. The lowest BCUT2D eigenvalue weighted by Gasteiger charge is -2.11. The Hall–Kier alpha value is -3.04. The number of nitrogens with one attached hydrogen (secondary N) is 1. The SMILES string of the molecule is CCOC(=O)c1c(-c2ccc(C)cc2C)csc1NC(=O)COC(=O)c1cnc(C)s1. The van der Waals surface area contributed by atoms with Gasteiger partial charge in [-0.05, 0) is 38.8 Å². The minimum atomic E-state index is -0.617. The van der Waals surface area contributed by atoms with Crippen LogP contribution in [0.2, 0.25) is 0 Å². The highest BCUT2D eigenvalue weighted by Crippen LogP contribution is 2.37. The Morgan fingerprint density at radius 2 is 1.84 bits per heavy atom. The molecule has 0 saturated carbocycles. The van der Waals surface area contributed by atoms with E-state index >= 15 is 0 Å². The molecule has 2 aromatic heterocycles. The minimum absolute atomic E-state index is 0.209. The quantitative estimate of drug-likeness (QED) is 0.513. The molecular weight excluding hydrogens is 436 g/mol. The average molecular weight is 459 g/mol. The van der Waals surface area contributed by atoms with Crippen molar-refractivity contribution in [1.29, 1.82) is 0 Å². The Kier molecular flexibility index (Phi) is 7.19. The highest BCUT2D eigenvalue weighted by Gasteiger charge is 2.24. The molecule has 1 amide bonds. The standard InChI is InChI=1S/C22H22N2O5S2/c1-5-28-22(27)19-16(15-7-6-12(2)8-13(15)3)11-30-20(19)24-18(25)10-29-21(26)17-9-23-14(4)31-17/h6-9,11H,5,10H2,1-4H3,(H,24,25). The van der Waals surface area contributed by atoms with Crippen LogP contribution in [0.1, 0.15) is 43.1 Å². The van der Waals surface area contributed by atoms with Gasteiger partial charge in [0.15, 0.2) is 6.61 Å². The van der Waals surface area contributed by atoms with Crippen LogP contribution >= 0.6 is 22.7 Å². The van der Waals surface area contributed by atoms with Gasteiger partial charge in [0.05, 0.1) is 17.8 Å². The molecule has 2 heterocycles. The van der Waals surface area contributed by atoms with E-state index in [0.717, 1.165) is 21.7 Å². The molecule has 9 heteroatoms. The molecule has 31 heavy (non-hydrogen) atoms. The number of esters is 2. The molecule has 0 aliphatic heterocycles. The van der Waals surface area contributed by atoms with Crippen molar-refractivity contribution in [2.75, 3.05) is 18.5 Å². The van der Waals surface area contributed by atoms with Crippen LogP contribution < -0.4 is 5.32 Å². The molecule has 0 aliphatic rings. The van der Waals surface area contributed by atoms with Crippen LogP contribution in [-0.4, -0.2) is 36.0 Å². The predicted octanol–water partition coefficient (Wildman–Crippen LogP) is 4.77. The molecule has 0 aliphatic carbocycles. The predicted molar refractivity (Wildman–Crippen MR) is 121 cm³/mol. The number of hydrogen-bond acceptors (Lipinski definition) is 8. The van der Waals surface area contributed by atoms with E-state index in [1.807, 2.05) is 37.4 Å². The zero-order chi connectivity index (χ0) is 22.5. The summed E-state index contributed by atoms with van der Waals surface area (Å²) < 4.78 is 10.3. The summed E-state index contributed by atoms with van der Waals surface area (Å²) in [5.74, 6) is -1.69. The zero-order valence-electron chi connectivity index (χ0n) is 17.6. The number of aromatic nitrogens is 1. The van der Waals surface area contributed by atoms with Gasteiger partial charge < -0.3 is 14.8 Å². The number of benzene rings is 1. The lowest BCUT2D eigenvalue weighted by Crippen LogP contribution is -2.21. The van der Waals surface area contributed by atoms with Gasteiger partial charge in [-0.2, -0.15) is 0 Å². The molecule has 7 nitrogen and oxygen atoms in total. The van der Waals surface area contributed by atoms with Crippen LogP contribution in [-0.2, 0) is 14.3 Å². The van der Waals surface area contributed by atoms with Crippen molar-refractivity contribution in [3.8, 4) is 11.1 Å². The van der Waals surface area contributed by atoms with E-state index in [9.17, 15) is 14.4 Å². The number of thiazole rings is 1. The van der Waals surface area contributed by atoms with Crippen molar-refractivity contribution < 1.29 is 23.9 Å². The van der Waals surface area contributed by atoms with Crippen molar-refractivity contribution >= 4 is 45.5 Å². The number of nitrogens with zero attached hydrogens (tertiary/aromatic N) is 1. The van der Waals surface area contributed by atoms with E-state index < -0.39 is 24.5 Å². The summed E-state index contributed by atoms with van der Waals surface area (Å²) in [4.78, 5) is 41.4. The third-order valence-corrected chi connectivity index (χ3v) is 6.14. The first kappa shape index (κ1) is 22.6. The lowest BCUT2D eigenvalue weighted by molar-refractivity contribution is -0.119. The van der Waals surface area contributed by atoms with Gasteiger partial charge in [-0.25, -0.2) is 14.6 Å². The smallest absolute Gasteiger partial charge is 0.350 e. The van der Waals surface area contributed by atoms with E-state index in [1.54, 1.807) is 13.8 Å². The van der Waals surface area contributed by atoms with E-state index in [1.165, 1.54) is 28.9 Å². The van der Waals surface area contributed by atoms with Crippen molar-refractivity contribution in [3.63, 3.8) is 0 Å². The molecule has 3 aromatic rings. The largest absolute Gasteiger partial charge is 0.462 e. The van der Waals surface area contributed by atoms with Crippen molar-refractivity contribution in [3.05, 3.63) is 56.4 Å². The highest BCUT2D eigenvalue weighted by molar-refractivity contribution is 7.15. The topological polar surface area (TPSA) is 94.6 Å². The maximum absolute atomic E-state index is 12.7. The van der Waals surface area contributed by atoms with Crippen molar-refractivity contribution in [2.24, 2.45) is 0 Å². The Bertz CT molecular complexity index is 1130. The molecule has 0 radical (unpaired) electrons. The third-order valence-electron chi connectivity index (χ3n) is 4.35. The van der Waals surface area contributed by atoms with E-state index in [4.69, 9.17) is 9.47 Å². The molecule has 0 atom stereocenters. The van der Waals surface area contributed by atoms with Gasteiger partial charge in [-0.3, -0.25) is 4.79 Å². The molecular formula is C22H22N2O5S2. The molecule has 0 bridgehead atoms. The summed E-state index contributed by atoms with van der Waals surface area (Å²) in [5, 5.41) is 5.56. The maximum atomic E-state index is 12.7. The van der Waals surface area contributed by atoms with Crippen LogP contribution in [0.5, 0.6) is 0 Å². The summed E-state index contributed by atoms with van der Waals surface area (Å²) in [7, 11) is 0. The van der Waals surface area contributed by atoms with Crippen LogP contribution in [0, 0.1) is 20.8 Å². The first-order chi connectivity index (χ1) is 14.8. The second-order valence-corrected chi connectivity index (χ2v) is 8.87. The van der Waals surface area contributed by atoms with Gasteiger partial charge in [0.1, 0.15) is 15.4 Å². The second kappa shape index (κ2) is 9.84. The highest BCUT2D eigenvalue weighted by atomic mass is 32.1. The number of carbonyl (C=O) groups is 3. The molecule has 1 aromatic carbocycles. The zero-order valence-corrected chi connectivity index (χ0v) is 19.2. The maximum Gasteiger partial charge on any atom is 0.350 e. The number of carbonyl (C=O) groups excluding carboxylic acids is 3. The Morgan fingerprint density at radius 1 is 1.06 bits per heavy atom. The van der Waals surface area contributed by atoms with Crippen LogP contribution in [0.3, 0.4) is 0 Å². The third kappa shape index (κ3) is 5.36. The van der Waals surface area contributed by atoms with Crippen LogP contribution in [0.25, 0.3) is 11.1 Å². The average Bonchev–Trinajstić information content (AvgIpc) is 3.33. The molecule has 0 spiro atoms. The Balaban J connectivity index is 1.80. The summed E-state index contributed by atoms with van der Waals surface area (Å²) in [6.45, 7) is 7.19. The summed E-state index contributed by atoms with van der Waals surface area (Å²) >= 11 is 2.41. The number of ether oxygens (including phenoxy) is 2. The van der Waals surface area contributed by atoms with Gasteiger partial charge in [-0.1, -0.05) is 23.8 Å². The van der Waals surface area contributed by atoms with Gasteiger partial charge in [-0.15, -0.1) is 22.7 Å². The van der Waals surface area contributed by atoms with Crippen molar-refractivity contribution in [1.82, 2.24) is 4.98 Å². The minimum Gasteiger partial charge on any atom is -0.462 e. The number of thiophene rings is 1. The fourth-order valence-electron chi connectivity index (χ4n) is 2.99. The van der Waals surface area contributed by atoms with Crippen molar-refractivity contribution in [2.45, 2.75) is 27.7 Å². The molecule has 1 N–H and O–H groups in total. The van der Waals surface area contributed by atoms with E-state index in [2.05, 4.69) is 10.3 Å². The van der Waals surface area contributed by atoms with E-state index in [0.29, 0.717) is 15.4 Å². The van der Waals surface area contributed by atoms with Crippen LogP contribution in [0.15, 0.2) is 29.8 Å². The van der Waals surface area contributed by atoms with Gasteiger partial charge in [0.2, 0.25) is 0 Å². The van der Waals surface area contributed by atoms with Gasteiger partial charge in [0.25, 0.3) is 5.91 Å². The molecule has 0 saturated heterocycles. The summed E-state index contributed by atoms with van der Waals surface area (Å²) in [6, 6.07) is 5.94. The summed E-state index contributed by atoms with van der Waals surface area (Å²) in [5.41, 5.74) is 3.98. The van der Waals surface area contributed by atoms with Gasteiger partial charge in [0, 0.05) is 10.9 Å². The fourth-order valence-corrected chi connectivity index (χ4v) is 4.63. The first-order valence-electron chi connectivity index (χ1n) is 9.55. The Labute approximate surface area is 188 Å². The number of hydrogen-bond donors (Lipinski definition) is 1. The lowest BCUT2D eigenvalue weighted by atomic mass is 9.97. The van der Waals surface area contributed by atoms with E-state index in [-0.39, 0.29) is 12.2 Å². The molecule has 3 rings (SSSR count). The number of rotatable bonds is 7. The van der Waals surface area contributed by atoms with Crippen LogP contribution in [0.4, 0.5) is 5.00 Å². The van der Waals surface area contributed by atoms with Gasteiger partial charge >= 0.3 is 11.9 Å². The second-order valence-electron chi connectivity index (χ2n) is 6.76. The normalized spacial score (nSPS) is 10.6. The first-order valence-corrected chi connectivity index (χ1v) is 11.3.